The van der Waals surface area contributed by atoms with E-state index in [0.29, 0.717) is 0 Å². The zero-order chi connectivity index (χ0) is 19.2. The van der Waals surface area contributed by atoms with E-state index in [0.717, 1.165) is 21.0 Å². The summed E-state index contributed by atoms with van der Waals surface area (Å²) in [4.78, 5) is 12.2. The van der Waals surface area contributed by atoms with E-state index in [1.165, 1.54) is 0 Å². The Morgan fingerprint density at radius 1 is 1.08 bits per heavy atom. The maximum absolute atomic E-state index is 13.0. The molecular weight excluding hydrogens is 352 g/mol. The van der Waals surface area contributed by atoms with Gasteiger partial charge in [0, 0.05) is 13.1 Å². The van der Waals surface area contributed by atoms with Crippen LogP contribution in [-0.4, -0.2) is 43.4 Å². The lowest BCUT2D eigenvalue weighted by Gasteiger charge is -2.22. The predicted molar refractivity (Wildman–Crippen MR) is 100 cm³/mol. The van der Waals surface area contributed by atoms with E-state index < -0.39 is 15.9 Å². The van der Waals surface area contributed by atoms with Crippen LogP contribution >= 0.6 is 0 Å². The van der Waals surface area contributed by atoms with E-state index in [2.05, 4.69) is 5.32 Å². The van der Waals surface area contributed by atoms with Crippen molar-refractivity contribution in [3.05, 3.63) is 65.2 Å². The van der Waals surface area contributed by atoms with E-state index in [1.807, 2.05) is 38.1 Å². The van der Waals surface area contributed by atoms with Crippen molar-refractivity contribution in [3.8, 4) is 0 Å². The van der Waals surface area contributed by atoms with E-state index in [9.17, 15) is 13.2 Å². The van der Waals surface area contributed by atoms with Gasteiger partial charge in [-0.1, -0.05) is 47.5 Å². The smallest absolute Gasteiger partial charge is 0.243 e. The Morgan fingerprint density at radius 3 is 2.38 bits per heavy atom. The Bertz CT molecular complexity index is 848. The fraction of sp³-hybridized carbons (Fsp3) is 0.316. The second-order valence-electron chi connectivity index (χ2n) is 6.15. The van der Waals surface area contributed by atoms with Crippen molar-refractivity contribution in [3.63, 3.8) is 0 Å². The van der Waals surface area contributed by atoms with Crippen LogP contribution in [0.15, 0.2) is 53.4 Å². The summed E-state index contributed by atoms with van der Waals surface area (Å²) in [5, 5.41) is 11.3. The van der Waals surface area contributed by atoms with Crippen LogP contribution in [0.3, 0.4) is 0 Å². The maximum Gasteiger partial charge on any atom is 0.243 e. The fourth-order valence-electron chi connectivity index (χ4n) is 2.51. The van der Waals surface area contributed by atoms with Gasteiger partial charge in [-0.15, -0.1) is 0 Å². The lowest BCUT2D eigenvalue weighted by molar-refractivity contribution is -0.121. The van der Waals surface area contributed by atoms with E-state index in [1.54, 1.807) is 24.3 Å². The third-order valence-electron chi connectivity index (χ3n) is 3.85. The molecule has 0 radical (unpaired) electrons. The van der Waals surface area contributed by atoms with Crippen LogP contribution in [0.25, 0.3) is 0 Å². The van der Waals surface area contributed by atoms with Gasteiger partial charge in [0.25, 0.3) is 0 Å². The Kier molecular flexibility index (Phi) is 6.90. The van der Waals surface area contributed by atoms with Crippen molar-refractivity contribution in [2.24, 2.45) is 0 Å². The molecule has 2 rings (SSSR count). The van der Waals surface area contributed by atoms with Crippen molar-refractivity contribution in [1.29, 1.82) is 0 Å². The number of aliphatic hydroxyl groups is 1. The minimum absolute atomic E-state index is 0.0850. The Morgan fingerprint density at radius 2 is 1.77 bits per heavy atom. The van der Waals surface area contributed by atoms with Crippen molar-refractivity contribution < 1.29 is 18.3 Å². The molecule has 2 aromatic rings. The number of carbonyl (C=O) groups is 1. The molecule has 0 aliphatic rings. The van der Waals surface area contributed by atoms with Gasteiger partial charge in [0.2, 0.25) is 15.9 Å². The first kappa shape index (κ1) is 20.1. The van der Waals surface area contributed by atoms with E-state index in [-0.39, 0.29) is 31.1 Å². The summed E-state index contributed by atoms with van der Waals surface area (Å²) in [7, 11) is -3.84. The Hall–Kier alpha value is -2.22. The molecule has 0 aliphatic carbocycles. The largest absolute Gasteiger partial charge is 0.395 e. The molecule has 26 heavy (non-hydrogen) atoms. The van der Waals surface area contributed by atoms with E-state index >= 15 is 0 Å². The lowest BCUT2D eigenvalue weighted by atomic mass is 10.1. The van der Waals surface area contributed by atoms with E-state index in [4.69, 9.17) is 5.11 Å². The highest BCUT2D eigenvalue weighted by molar-refractivity contribution is 7.89. The van der Waals surface area contributed by atoms with Crippen LogP contribution < -0.4 is 5.32 Å². The van der Waals surface area contributed by atoms with Gasteiger partial charge in [-0.05, 0) is 31.5 Å². The van der Waals surface area contributed by atoms with Crippen LogP contribution in [0.1, 0.15) is 16.7 Å². The van der Waals surface area contributed by atoms with Crippen molar-refractivity contribution in [1.82, 2.24) is 9.62 Å². The second-order valence-corrected chi connectivity index (χ2v) is 8.09. The molecule has 0 aliphatic heterocycles. The highest BCUT2D eigenvalue weighted by Gasteiger charge is 2.26. The van der Waals surface area contributed by atoms with Gasteiger partial charge in [-0.25, -0.2) is 8.42 Å². The van der Waals surface area contributed by atoms with Gasteiger partial charge in [0.1, 0.15) is 0 Å². The summed E-state index contributed by atoms with van der Waals surface area (Å²) in [6.07, 6.45) is 0. The number of rotatable bonds is 8. The highest BCUT2D eigenvalue weighted by atomic mass is 32.2. The number of hydrogen-bond acceptors (Lipinski definition) is 4. The number of carbonyl (C=O) groups excluding carboxylic acids is 1. The monoisotopic (exact) mass is 376 g/mol. The lowest BCUT2D eigenvalue weighted by Crippen LogP contribution is -2.41. The number of aliphatic hydroxyl groups excluding tert-OH is 1. The highest BCUT2D eigenvalue weighted by Crippen LogP contribution is 2.19. The van der Waals surface area contributed by atoms with Crippen LogP contribution in [0.5, 0.6) is 0 Å². The molecule has 2 N–H and O–H groups in total. The first-order valence-electron chi connectivity index (χ1n) is 8.33. The number of nitrogens with one attached hydrogen (secondary N) is 1. The van der Waals surface area contributed by atoms with Crippen molar-refractivity contribution in [2.45, 2.75) is 25.3 Å². The Balaban J connectivity index is 2.32. The van der Waals surface area contributed by atoms with Gasteiger partial charge in [-0.3, -0.25) is 4.79 Å². The zero-order valence-corrected chi connectivity index (χ0v) is 15.8. The van der Waals surface area contributed by atoms with Crippen LogP contribution in [0, 0.1) is 13.8 Å². The molecule has 140 valence electrons. The molecule has 0 saturated carbocycles. The molecule has 0 unspecified atom stereocenters. The molecular formula is C19H24N2O4S. The number of sulfonamides is 1. The summed E-state index contributed by atoms with van der Waals surface area (Å²) in [6.45, 7) is 3.46. The summed E-state index contributed by atoms with van der Waals surface area (Å²) >= 11 is 0. The number of aryl methyl sites for hydroxylation is 2. The SMILES string of the molecule is Cc1ccc(S(=O)(=O)N(CC(=O)NCCO)Cc2cccc(C)c2)cc1. The molecule has 0 saturated heterocycles. The average molecular weight is 376 g/mol. The molecule has 0 atom stereocenters. The number of nitrogens with zero attached hydrogens (tertiary/aromatic N) is 1. The number of benzene rings is 2. The Labute approximate surface area is 154 Å². The fourth-order valence-corrected chi connectivity index (χ4v) is 3.90. The summed E-state index contributed by atoms with van der Waals surface area (Å²) in [6, 6.07) is 14.0. The van der Waals surface area contributed by atoms with Crippen LogP contribution in [0.4, 0.5) is 0 Å². The minimum Gasteiger partial charge on any atom is -0.395 e. The van der Waals surface area contributed by atoms with Crippen LogP contribution in [0.2, 0.25) is 0 Å². The summed E-state index contributed by atoms with van der Waals surface area (Å²) in [5.74, 6) is -0.456. The molecule has 2 aromatic carbocycles. The van der Waals surface area contributed by atoms with Crippen molar-refractivity contribution in [2.75, 3.05) is 19.7 Å². The average Bonchev–Trinajstić information content (AvgIpc) is 2.60. The molecule has 7 heteroatoms. The topological polar surface area (TPSA) is 86.7 Å². The quantitative estimate of drug-likeness (QED) is 0.733. The summed E-state index contributed by atoms with van der Waals surface area (Å²) in [5.41, 5.74) is 2.77. The van der Waals surface area contributed by atoms with Gasteiger partial charge in [0.15, 0.2) is 0 Å². The van der Waals surface area contributed by atoms with Gasteiger partial charge >= 0.3 is 0 Å². The molecule has 6 nitrogen and oxygen atoms in total. The number of hydrogen-bond donors (Lipinski definition) is 2. The third-order valence-corrected chi connectivity index (χ3v) is 5.66. The molecule has 1 amide bonds. The predicted octanol–water partition coefficient (Wildman–Crippen LogP) is 1.60. The molecule has 0 bridgehead atoms. The van der Waals surface area contributed by atoms with Gasteiger partial charge in [-0.2, -0.15) is 4.31 Å². The van der Waals surface area contributed by atoms with Gasteiger partial charge in [0.05, 0.1) is 18.0 Å². The first-order chi connectivity index (χ1) is 12.3. The molecule has 0 heterocycles. The standard InChI is InChI=1S/C19H24N2O4S/c1-15-6-8-18(9-7-15)26(24,25)21(14-19(23)20-10-11-22)13-17-5-3-4-16(2)12-17/h3-9,12,22H,10-11,13-14H2,1-2H3,(H,20,23). The van der Waals surface area contributed by atoms with Gasteiger partial charge < -0.3 is 10.4 Å². The van der Waals surface area contributed by atoms with Crippen molar-refractivity contribution >= 4 is 15.9 Å². The molecule has 0 aromatic heterocycles. The summed E-state index contributed by atoms with van der Waals surface area (Å²) < 4.78 is 27.2. The number of amides is 1. The molecule has 0 fully saturated rings. The minimum atomic E-state index is -3.84. The second kappa shape index (κ2) is 8.93. The molecule has 0 spiro atoms. The zero-order valence-electron chi connectivity index (χ0n) is 15.0. The maximum atomic E-state index is 13.0. The van der Waals surface area contributed by atoms with Crippen LogP contribution in [-0.2, 0) is 21.4 Å². The third kappa shape index (κ3) is 5.39. The first-order valence-corrected chi connectivity index (χ1v) is 9.77. The normalized spacial score (nSPS) is 11.5.